The van der Waals surface area contributed by atoms with E-state index in [4.69, 9.17) is 17.3 Å². The largest absolute Gasteiger partial charge is 0.390 e. The molecule has 0 radical (unpaired) electrons. The molecule has 1 aliphatic heterocycles. The number of piperazine rings is 1. The Bertz CT molecular complexity index is 1250. The van der Waals surface area contributed by atoms with Crippen molar-refractivity contribution in [3.63, 3.8) is 0 Å². The number of hydrogen-bond acceptors (Lipinski definition) is 6. The van der Waals surface area contributed by atoms with Crippen molar-refractivity contribution in [3.8, 4) is 11.3 Å². The van der Waals surface area contributed by atoms with E-state index >= 15 is 0 Å². The van der Waals surface area contributed by atoms with Crippen molar-refractivity contribution < 1.29 is 14.7 Å². The summed E-state index contributed by atoms with van der Waals surface area (Å²) >= 11 is 6.37. The molecule has 1 fully saturated rings. The molecule has 0 atom stereocenters. The number of aliphatic hydroxyl groups is 1. The molecule has 3 heterocycles. The van der Waals surface area contributed by atoms with E-state index in [1.807, 2.05) is 24.3 Å². The predicted octanol–water partition coefficient (Wildman–Crippen LogP) is 2.75. The number of carbonyl (C=O) groups is 2. The van der Waals surface area contributed by atoms with Crippen molar-refractivity contribution in [2.24, 2.45) is 0 Å². The molecule has 1 aliphatic rings. The predicted molar refractivity (Wildman–Crippen MR) is 127 cm³/mol. The van der Waals surface area contributed by atoms with Crippen LogP contribution in [0.15, 0.2) is 36.7 Å². The first-order valence-electron chi connectivity index (χ1n) is 10.6. The standard InChI is InChI=1S/C23H27ClN6O3/c1-22(2,33)12-18(31)29-9-8-28(21(32)23(29,3)4)15-7-5-6-14(10-15)17-11-16(24)19-20(25)26-13-27-30(17)19/h5-7,10-11,13,33H,8-9,12H2,1-4H3,(H2,25,26,27). The van der Waals surface area contributed by atoms with Crippen LogP contribution in [0.4, 0.5) is 11.5 Å². The first-order chi connectivity index (χ1) is 15.4. The van der Waals surface area contributed by atoms with E-state index in [-0.39, 0.29) is 24.1 Å². The maximum atomic E-state index is 13.4. The van der Waals surface area contributed by atoms with Crippen molar-refractivity contribution in [3.05, 3.63) is 41.7 Å². The molecule has 0 unspecified atom stereocenters. The third-order valence-corrected chi connectivity index (χ3v) is 6.15. The zero-order chi connectivity index (χ0) is 24.1. The van der Waals surface area contributed by atoms with Gasteiger partial charge >= 0.3 is 0 Å². The van der Waals surface area contributed by atoms with Crippen LogP contribution in [-0.4, -0.2) is 60.6 Å². The van der Waals surface area contributed by atoms with Gasteiger partial charge in [-0.2, -0.15) is 5.10 Å². The van der Waals surface area contributed by atoms with Gasteiger partial charge < -0.3 is 20.6 Å². The quantitative estimate of drug-likeness (QED) is 0.605. The maximum Gasteiger partial charge on any atom is 0.252 e. The molecule has 0 bridgehead atoms. The Hall–Kier alpha value is -3.17. The number of hydrogen-bond donors (Lipinski definition) is 2. The highest BCUT2D eigenvalue weighted by Crippen LogP contribution is 2.34. The van der Waals surface area contributed by atoms with Crippen LogP contribution in [0.25, 0.3) is 16.8 Å². The summed E-state index contributed by atoms with van der Waals surface area (Å²) in [6.07, 6.45) is 1.31. The highest BCUT2D eigenvalue weighted by Gasteiger charge is 2.45. The van der Waals surface area contributed by atoms with Gasteiger partial charge in [-0.15, -0.1) is 0 Å². The number of aromatic nitrogens is 3. The number of benzene rings is 1. The molecular weight excluding hydrogens is 444 g/mol. The van der Waals surface area contributed by atoms with Gasteiger partial charge in [-0.3, -0.25) is 9.59 Å². The highest BCUT2D eigenvalue weighted by atomic mass is 35.5. The average Bonchev–Trinajstić information content (AvgIpc) is 3.06. The van der Waals surface area contributed by atoms with Crippen LogP contribution in [0.3, 0.4) is 0 Å². The Morgan fingerprint density at radius 2 is 2.00 bits per heavy atom. The zero-order valence-corrected chi connectivity index (χ0v) is 19.8. The molecule has 0 spiro atoms. The number of carbonyl (C=O) groups excluding carboxylic acids is 2. The van der Waals surface area contributed by atoms with Gasteiger partial charge in [0.05, 0.1) is 22.7 Å². The lowest BCUT2D eigenvalue weighted by Gasteiger charge is -2.46. The minimum Gasteiger partial charge on any atom is -0.390 e. The van der Waals surface area contributed by atoms with Crippen molar-refractivity contribution in [2.75, 3.05) is 23.7 Å². The van der Waals surface area contributed by atoms with E-state index in [9.17, 15) is 14.7 Å². The Balaban J connectivity index is 1.66. The fraction of sp³-hybridized carbons (Fsp3) is 0.391. The maximum absolute atomic E-state index is 13.4. The second kappa shape index (κ2) is 8.00. The van der Waals surface area contributed by atoms with Gasteiger partial charge in [-0.25, -0.2) is 9.50 Å². The smallest absolute Gasteiger partial charge is 0.252 e. The topological polar surface area (TPSA) is 117 Å². The van der Waals surface area contributed by atoms with Crippen LogP contribution in [-0.2, 0) is 9.59 Å². The molecule has 0 aliphatic carbocycles. The number of nitrogen functional groups attached to an aromatic ring is 1. The molecule has 2 amide bonds. The average molecular weight is 471 g/mol. The molecule has 4 rings (SSSR count). The number of amides is 2. The molecule has 1 aromatic carbocycles. The van der Waals surface area contributed by atoms with Crippen molar-refractivity contribution in [1.82, 2.24) is 19.5 Å². The molecule has 1 saturated heterocycles. The van der Waals surface area contributed by atoms with E-state index in [0.29, 0.717) is 29.3 Å². The summed E-state index contributed by atoms with van der Waals surface area (Å²) in [5.74, 6) is -0.165. The van der Waals surface area contributed by atoms with Gasteiger partial charge in [0.2, 0.25) is 5.91 Å². The normalized spacial score (nSPS) is 16.5. The molecule has 33 heavy (non-hydrogen) atoms. The minimum atomic E-state index is -1.14. The number of fused-ring (bicyclic) bond motifs is 1. The van der Waals surface area contributed by atoms with E-state index in [0.717, 1.165) is 11.3 Å². The number of nitrogens with two attached hydrogens (primary N) is 1. The lowest BCUT2D eigenvalue weighted by molar-refractivity contribution is -0.149. The fourth-order valence-corrected chi connectivity index (χ4v) is 4.52. The van der Waals surface area contributed by atoms with E-state index in [1.165, 1.54) is 6.33 Å². The minimum absolute atomic E-state index is 0.0494. The van der Waals surface area contributed by atoms with Gasteiger partial charge in [0, 0.05) is 24.3 Å². The molecule has 3 N–H and O–H groups in total. The molecule has 3 aromatic rings. The van der Waals surface area contributed by atoms with Crippen molar-refractivity contribution in [2.45, 2.75) is 45.3 Å². The Morgan fingerprint density at radius 3 is 2.70 bits per heavy atom. The Kier molecular flexibility index (Phi) is 5.58. The molecule has 10 heteroatoms. The second-order valence-corrected chi connectivity index (χ2v) is 9.79. The van der Waals surface area contributed by atoms with Gasteiger partial charge in [0.1, 0.15) is 17.4 Å². The summed E-state index contributed by atoms with van der Waals surface area (Å²) in [6.45, 7) is 7.33. The van der Waals surface area contributed by atoms with E-state index in [2.05, 4.69) is 10.1 Å². The van der Waals surface area contributed by atoms with Crippen LogP contribution in [0, 0.1) is 0 Å². The molecular formula is C23H27ClN6O3. The van der Waals surface area contributed by atoms with Crippen LogP contribution in [0.1, 0.15) is 34.1 Å². The summed E-state index contributed by atoms with van der Waals surface area (Å²) in [5, 5.41) is 14.8. The lowest BCUT2D eigenvalue weighted by Crippen LogP contribution is -2.65. The molecule has 2 aromatic heterocycles. The number of anilines is 2. The van der Waals surface area contributed by atoms with E-state index < -0.39 is 11.1 Å². The summed E-state index contributed by atoms with van der Waals surface area (Å²) in [6, 6.07) is 9.26. The first kappa shape index (κ1) is 23.0. The highest BCUT2D eigenvalue weighted by molar-refractivity contribution is 6.35. The van der Waals surface area contributed by atoms with Gasteiger partial charge in [0.15, 0.2) is 5.82 Å². The van der Waals surface area contributed by atoms with E-state index in [1.54, 1.807) is 48.1 Å². The third kappa shape index (κ3) is 4.14. The lowest BCUT2D eigenvalue weighted by atomic mass is 9.94. The summed E-state index contributed by atoms with van der Waals surface area (Å²) in [5.41, 5.74) is 6.52. The monoisotopic (exact) mass is 470 g/mol. The van der Waals surface area contributed by atoms with Crippen LogP contribution in [0.5, 0.6) is 0 Å². The molecule has 9 nitrogen and oxygen atoms in total. The van der Waals surface area contributed by atoms with Crippen LogP contribution < -0.4 is 10.6 Å². The SMILES string of the molecule is CC(C)(O)CC(=O)N1CCN(c2cccc(-c3cc(Cl)c4c(N)ncnn34)c2)C(=O)C1(C)C. The number of rotatable bonds is 4. The summed E-state index contributed by atoms with van der Waals surface area (Å²) < 4.78 is 1.63. The second-order valence-electron chi connectivity index (χ2n) is 9.38. The third-order valence-electron chi connectivity index (χ3n) is 5.87. The molecule has 0 saturated carbocycles. The summed E-state index contributed by atoms with van der Waals surface area (Å²) in [7, 11) is 0. The summed E-state index contributed by atoms with van der Waals surface area (Å²) in [4.78, 5) is 33.4. The van der Waals surface area contributed by atoms with Gasteiger partial charge in [-0.05, 0) is 45.9 Å². The first-order valence-corrected chi connectivity index (χ1v) is 11.0. The number of nitrogens with zero attached hydrogens (tertiary/aromatic N) is 5. The van der Waals surface area contributed by atoms with Crippen molar-refractivity contribution in [1.29, 1.82) is 0 Å². The Morgan fingerprint density at radius 1 is 1.27 bits per heavy atom. The molecule has 174 valence electrons. The van der Waals surface area contributed by atoms with Gasteiger partial charge in [0.25, 0.3) is 5.91 Å². The van der Waals surface area contributed by atoms with Crippen molar-refractivity contribution >= 4 is 40.4 Å². The van der Waals surface area contributed by atoms with Gasteiger partial charge in [-0.1, -0.05) is 23.7 Å². The fourth-order valence-electron chi connectivity index (χ4n) is 4.24. The van der Waals surface area contributed by atoms with Crippen LogP contribution in [0.2, 0.25) is 5.02 Å². The Labute approximate surface area is 196 Å². The zero-order valence-electron chi connectivity index (χ0n) is 19.0. The number of halogens is 1. The van der Waals surface area contributed by atoms with Crippen LogP contribution >= 0.6 is 11.6 Å².